The Balaban J connectivity index is 2.19. The van der Waals surface area contributed by atoms with Crippen LogP contribution in [0.5, 0.6) is 0 Å². The number of nitrogens with zero attached hydrogens (tertiary/aromatic N) is 1. The summed E-state index contributed by atoms with van der Waals surface area (Å²) in [6.07, 6.45) is 0. The van der Waals surface area contributed by atoms with Crippen LogP contribution in [0.3, 0.4) is 0 Å². The minimum atomic E-state index is 0.401. The molecule has 2 N–H and O–H groups in total. The standard InChI is InChI=1S/C13H8Br2N2OS/c14-8-3-1-2-7(6-8)11-12(18-17-13(11)16)9-4-5-10(15)19-9/h1-6H,(H2,16,17). The van der Waals surface area contributed by atoms with Crippen molar-refractivity contribution in [3.63, 3.8) is 0 Å². The van der Waals surface area contributed by atoms with E-state index in [0.717, 1.165) is 24.3 Å². The lowest BCUT2D eigenvalue weighted by Crippen LogP contribution is -1.88. The van der Waals surface area contributed by atoms with Crippen molar-refractivity contribution in [1.29, 1.82) is 0 Å². The Bertz CT molecular complexity index is 736. The van der Waals surface area contributed by atoms with Gasteiger partial charge in [-0.05, 0) is 45.8 Å². The van der Waals surface area contributed by atoms with Crippen molar-refractivity contribution in [2.75, 3.05) is 5.73 Å². The fraction of sp³-hybridized carbons (Fsp3) is 0. The molecule has 0 spiro atoms. The van der Waals surface area contributed by atoms with Crippen molar-refractivity contribution in [3.8, 4) is 21.8 Å². The highest BCUT2D eigenvalue weighted by Crippen LogP contribution is 2.41. The van der Waals surface area contributed by atoms with E-state index in [0.29, 0.717) is 11.6 Å². The number of nitrogen functional groups attached to an aromatic ring is 1. The van der Waals surface area contributed by atoms with Crippen LogP contribution in [0, 0.1) is 0 Å². The van der Waals surface area contributed by atoms with Gasteiger partial charge in [-0.15, -0.1) is 11.3 Å². The predicted molar refractivity (Wildman–Crippen MR) is 85.1 cm³/mol. The average molecular weight is 400 g/mol. The van der Waals surface area contributed by atoms with E-state index in [1.165, 1.54) is 0 Å². The summed E-state index contributed by atoms with van der Waals surface area (Å²) >= 11 is 8.49. The largest absolute Gasteiger partial charge is 0.380 e. The molecule has 0 atom stereocenters. The van der Waals surface area contributed by atoms with Crippen LogP contribution in [-0.4, -0.2) is 5.16 Å². The molecule has 2 heterocycles. The van der Waals surface area contributed by atoms with Gasteiger partial charge in [0.15, 0.2) is 11.6 Å². The Morgan fingerprint density at radius 2 is 2.00 bits per heavy atom. The van der Waals surface area contributed by atoms with Gasteiger partial charge in [-0.1, -0.05) is 33.2 Å². The molecule has 0 aliphatic carbocycles. The summed E-state index contributed by atoms with van der Waals surface area (Å²) in [7, 11) is 0. The highest BCUT2D eigenvalue weighted by molar-refractivity contribution is 9.11. The van der Waals surface area contributed by atoms with E-state index in [1.54, 1.807) is 11.3 Å². The molecule has 0 saturated carbocycles. The first-order valence-electron chi connectivity index (χ1n) is 5.42. The van der Waals surface area contributed by atoms with Gasteiger partial charge in [0, 0.05) is 4.47 Å². The van der Waals surface area contributed by atoms with Gasteiger partial charge in [0.1, 0.15) is 0 Å². The summed E-state index contributed by atoms with van der Waals surface area (Å²) in [4.78, 5) is 0.992. The van der Waals surface area contributed by atoms with Gasteiger partial charge in [-0.25, -0.2) is 0 Å². The molecule has 19 heavy (non-hydrogen) atoms. The van der Waals surface area contributed by atoms with Gasteiger partial charge in [-0.3, -0.25) is 0 Å². The van der Waals surface area contributed by atoms with Crippen molar-refractivity contribution < 1.29 is 4.52 Å². The molecule has 0 bridgehead atoms. The van der Waals surface area contributed by atoms with E-state index in [4.69, 9.17) is 10.3 Å². The Hall–Kier alpha value is -1.11. The fourth-order valence-electron chi connectivity index (χ4n) is 1.83. The summed E-state index contributed by atoms with van der Waals surface area (Å²) < 4.78 is 7.42. The van der Waals surface area contributed by atoms with Crippen LogP contribution in [0.1, 0.15) is 0 Å². The van der Waals surface area contributed by atoms with Crippen LogP contribution >= 0.6 is 43.2 Å². The Morgan fingerprint density at radius 3 is 2.68 bits per heavy atom. The lowest BCUT2D eigenvalue weighted by molar-refractivity contribution is 0.437. The third-order valence-electron chi connectivity index (χ3n) is 2.63. The number of benzene rings is 1. The second kappa shape index (κ2) is 5.11. The topological polar surface area (TPSA) is 52.0 Å². The van der Waals surface area contributed by atoms with Crippen molar-refractivity contribution in [3.05, 3.63) is 44.7 Å². The number of nitrogens with two attached hydrogens (primary N) is 1. The van der Waals surface area contributed by atoms with E-state index in [-0.39, 0.29) is 0 Å². The monoisotopic (exact) mass is 398 g/mol. The third kappa shape index (κ3) is 2.48. The van der Waals surface area contributed by atoms with Crippen LogP contribution in [0.15, 0.2) is 49.2 Å². The fourth-order valence-corrected chi connectivity index (χ4v) is 3.60. The summed E-state index contributed by atoms with van der Waals surface area (Å²) in [6, 6.07) is 11.9. The lowest BCUT2D eigenvalue weighted by Gasteiger charge is -2.01. The Morgan fingerprint density at radius 1 is 1.16 bits per heavy atom. The maximum absolute atomic E-state index is 5.94. The second-order valence-corrected chi connectivity index (χ2v) is 7.26. The molecule has 1 aromatic carbocycles. The van der Waals surface area contributed by atoms with Gasteiger partial charge >= 0.3 is 0 Å². The van der Waals surface area contributed by atoms with Gasteiger partial charge in [-0.2, -0.15) is 0 Å². The smallest absolute Gasteiger partial charge is 0.186 e. The molecule has 0 radical (unpaired) electrons. The molecule has 0 aliphatic rings. The summed E-state index contributed by atoms with van der Waals surface area (Å²) in [5, 5.41) is 3.89. The molecule has 0 unspecified atom stereocenters. The molecular formula is C13H8Br2N2OS. The minimum Gasteiger partial charge on any atom is -0.380 e. The first kappa shape index (κ1) is 12.9. The van der Waals surface area contributed by atoms with Crippen molar-refractivity contribution in [1.82, 2.24) is 5.16 Å². The van der Waals surface area contributed by atoms with Crippen molar-refractivity contribution in [2.24, 2.45) is 0 Å². The van der Waals surface area contributed by atoms with Crippen LogP contribution in [0.2, 0.25) is 0 Å². The highest BCUT2D eigenvalue weighted by atomic mass is 79.9. The van der Waals surface area contributed by atoms with Crippen LogP contribution < -0.4 is 5.73 Å². The second-order valence-electron chi connectivity index (χ2n) is 3.89. The Kier molecular flexibility index (Phi) is 3.47. The van der Waals surface area contributed by atoms with Gasteiger partial charge in [0.05, 0.1) is 14.2 Å². The number of rotatable bonds is 2. The predicted octanol–water partition coefficient (Wildman–Crippen LogP) is 5.18. The lowest BCUT2D eigenvalue weighted by atomic mass is 10.1. The maximum Gasteiger partial charge on any atom is 0.186 e. The number of hydrogen-bond donors (Lipinski definition) is 1. The summed E-state index contributed by atoms with van der Waals surface area (Å²) in [5.74, 6) is 1.10. The normalized spacial score (nSPS) is 10.8. The molecular weight excluding hydrogens is 392 g/mol. The van der Waals surface area contributed by atoms with E-state index in [2.05, 4.69) is 37.0 Å². The van der Waals surface area contributed by atoms with E-state index >= 15 is 0 Å². The first-order chi connectivity index (χ1) is 9.15. The zero-order chi connectivity index (χ0) is 13.4. The van der Waals surface area contributed by atoms with E-state index in [9.17, 15) is 0 Å². The van der Waals surface area contributed by atoms with Crippen molar-refractivity contribution >= 4 is 49.0 Å². The number of hydrogen-bond acceptors (Lipinski definition) is 4. The summed E-state index contributed by atoms with van der Waals surface area (Å²) in [6.45, 7) is 0. The molecule has 2 aromatic heterocycles. The molecule has 3 rings (SSSR count). The zero-order valence-electron chi connectivity index (χ0n) is 9.56. The molecule has 3 nitrogen and oxygen atoms in total. The van der Waals surface area contributed by atoms with Crippen LogP contribution in [-0.2, 0) is 0 Å². The SMILES string of the molecule is Nc1noc(-c2ccc(Br)s2)c1-c1cccc(Br)c1. The number of aromatic nitrogens is 1. The molecule has 3 aromatic rings. The molecule has 96 valence electrons. The van der Waals surface area contributed by atoms with Crippen molar-refractivity contribution in [2.45, 2.75) is 0 Å². The number of halogens is 2. The molecule has 0 fully saturated rings. The highest BCUT2D eigenvalue weighted by Gasteiger charge is 2.19. The number of anilines is 1. The molecule has 0 aliphatic heterocycles. The summed E-state index contributed by atoms with van der Waals surface area (Å²) in [5.41, 5.74) is 7.75. The van der Waals surface area contributed by atoms with Crippen LogP contribution in [0.4, 0.5) is 5.82 Å². The quantitative estimate of drug-likeness (QED) is 0.645. The first-order valence-corrected chi connectivity index (χ1v) is 7.82. The molecule has 6 heteroatoms. The third-order valence-corrected chi connectivity index (χ3v) is 4.74. The zero-order valence-corrected chi connectivity index (χ0v) is 13.5. The van der Waals surface area contributed by atoms with Crippen LogP contribution in [0.25, 0.3) is 21.8 Å². The van der Waals surface area contributed by atoms with E-state index in [1.807, 2.05) is 36.4 Å². The number of thiophene rings is 1. The molecule has 0 saturated heterocycles. The average Bonchev–Trinajstić information content (AvgIpc) is 2.95. The van der Waals surface area contributed by atoms with Gasteiger partial charge in [0.2, 0.25) is 0 Å². The van der Waals surface area contributed by atoms with Gasteiger partial charge in [0.25, 0.3) is 0 Å². The maximum atomic E-state index is 5.94. The molecule has 0 amide bonds. The Labute approximate surface area is 130 Å². The van der Waals surface area contributed by atoms with E-state index < -0.39 is 0 Å². The minimum absolute atomic E-state index is 0.401. The van der Waals surface area contributed by atoms with Gasteiger partial charge < -0.3 is 10.3 Å².